The highest BCUT2D eigenvalue weighted by Crippen LogP contribution is 2.28. The summed E-state index contributed by atoms with van der Waals surface area (Å²) in [7, 11) is 0. The van der Waals surface area contributed by atoms with Crippen molar-refractivity contribution in [2.45, 2.75) is 19.3 Å². The number of pyridine rings is 1. The number of nitro groups is 1. The van der Waals surface area contributed by atoms with E-state index in [2.05, 4.69) is 15.6 Å². The lowest BCUT2D eigenvalue weighted by Gasteiger charge is -2.15. The Morgan fingerprint density at radius 3 is 2.89 bits per heavy atom. The molecule has 1 aliphatic rings. The number of carbonyl (C=O) groups excluding carboxylic acids is 1. The van der Waals surface area contributed by atoms with E-state index < -0.39 is 10.9 Å². The van der Waals surface area contributed by atoms with Crippen molar-refractivity contribution in [3.8, 4) is 11.3 Å². The fourth-order valence-corrected chi connectivity index (χ4v) is 3.34. The summed E-state index contributed by atoms with van der Waals surface area (Å²) >= 11 is 1.59. The van der Waals surface area contributed by atoms with E-state index >= 15 is 0 Å². The molecule has 0 spiro atoms. The number of esters is 1. The molecule has 0 saturated carbocycles. The van der Waals surface area contributed by atoms with Crippen molar-refractivity contribution in [3.63, 3.8) is 0 Å². The number of nitrogens with zero attached hydrogens (tertiary/aromatic N) is 2. The maximum absolute atomic E-state index is 12.2. The highest BCUT2D eigenvalue weighted by atomic mass is 32.2. The van der Waals surface area contributed by atoms with E-state index in [1.807, 2.05) is 13.1 Å². The minimum atomic E-state index is -0.476. The monoisotopic (exact) mass is 386 g/mol. The van der Waals surface area contributed by atoms with Crippen LogP contribution in [0.4, 0.5) is 11.5 Å². The Labute approximate surface area is 160 Å². The van der Waals surface area contributed by atoms with Gasteiger partial charge < -0.3 is 15.4 Å². The molecule has 0 radical (unpaired) electrons. The van der Waals surface area contributed by atoms with E-state index in [-0.39, 0.29) is 17.8 Å². The van der Waals surface area contributed by atoms with E-state index in [4.69, 9.17) is 4.74 Å². The zero-order valence-electron chi connectivity index (χ0n) is 14.8. The van der Waals surface area contributed by atoms with Crippen LogP contribution >= 0.6 is 11.8 Å². The van der Waals surface area contributed by atoms with Gasteiger partial charge >= 0.3 is 5.97 Å². The number of carbonyl (C=O) groups is 1. The number of non-ortho nitro benzene ring substituents is 1. The lowest BCUT2D eigenvalue weighted by atomic mass is 10.1. The number of benzene rings is 1. The topological polar surface area (TPSA) is 106 Å². The smallest absolute Gasteiger partial charge is 0.338 e. The standard InChI is InChI=1S/C18H18N4O4S/c1-3-26-17(23)13-8-15(12-5-4-6-14(7-12)22(24)25)20-16(9-13)21-18-19-10-11(2)27-18/h4-10,18-19H,3H2,1-2H3,(H,20,21). The molecule has 0 saturated heterocycles. The average molecular weight is 386 g/mol. The van der Waals surface area contributed by atoms with Crippen molar-refractivity contribution < 1.29 is 14.5 Å². The first kappa shape index (κ1) is 18.7. The maximum Gasteiger partial charge on any atom is 0.338 e. The molecule has 0 aliphatic carbocycles. The third-order valence-electron chi connectivity index (χ3n) is 3.71. The first-order chi connectivity index (χ1) is 13.0. The summed E-state index contributed by atoms with van der Waals surface area (Å²) in [5.74, 6) is -0.00821. The van der Waals surface area contributed by atoms with Crippen LogP contribution in [0.2, 0.25) is 0 Å². The molecule has 27 heavy (non-hydrogen) atoms. The van der Waals surface area contributed by atoms with Crippen LogP contribution in [0.25, 0.3) is 11.3 Å². The molecule has 0 bridgehead atoms. The highest BCUT2D eigenvalue weighted by molar-refractivity contribution is 8.03. The molecule has 1 unspecified atom stereocenters. The fraction of sp³-hybridized carbons (Fsp3) is 0.222. The number of hydrogen-bond donors (Lipinski definition) is 2. The molecule has 1 aromatic carbocycles. The predicted octanol–water partition coefficient (Wildman–Crippen LogP) is 3.73. The first-order valence-corrected chi connectivity index (χ1v) is 9.14. The Kier molecular flexibility index (Phi) is 5.60. The van der Waals surface area contributed by atoms with Gasteiger partial charge in [-0.2, -0.15) is 0 Å². The number of nitrogens with one attached hydrogen (secondary N) is 2. The second kappa shape index (κ2) is 8.09. The Balaban J connectivity index is 1.97. The SMILES string of the molecule is CCOC(=O)c1cc(NC2NC=C(C)S2)nc(-c2cccc([N+](=O)[O-])c2)c1. The molecule has 3 rings (SSSR count). The van der Waals surface area contributed by atoms with Gasteiger partial charge in [0, 0.05) is 28.8 Å². The Morgan fingerprint density at radius 1 is 1.41 bits per heavy atom. The number of allylic oxidation sites excluding steroid dienone is 1. The van der Waals surface area contributed by atoms with Gasteiger partial charge in [0.1, 0.15) is 5.82 Å². The van der Waals surface area contributed by atoms with Crippen molar-refractivity contribution in [1.82, 2.24) is 10.3 Å². The minimum absolute atomic E-state index is 0.0433. The number of rotatable bonds is 6. The number of aromatic nitrogens is 1. The molecule has 140 valence electrons. The lowest BCUT2D eigenvalue weighted by molar-refractivity contribution is -0.384. The second-order valence-electron chi connectivity index (χ2n) is 5.72. The number of hydrogen-bond acceptors (Lipinski definition) is 8. The summed E-state index contributed by atoms with van der Waals surface area (Å²) < 4.78 is 5.09. The van der Waals surface area contributed by atoms with Gasteiger partial charge in [0.15, 0.2) is 5.50 Å². The molecule has 0 fully saturated rings. The van der Waals surface area contributed by atoms with Gasteiger partial charge in [0.05, 0.1) is 22.8 Å². The summed E-state index contributed by atoms with van der Waals surface area (Å²) in [6, 6.07) is 9.31. The van der Waals surface area contributed by atoms with Crippen LogP contribution in [0.15, 0.2) is 47.5 Å². The molecule has 0 amide bonds. The Morgan fingerprint density at radius 2 is 2.22 bits per heavy atom. The third-order valence-corrected chi connectivity index (χ3v) is 4.69. The molecular formula is C18H18N4O4S. The van der Waals surface area contributed by atoms with Gasteiger partial charge in [-0.3, -0.25) is 10.1 Å². The van der Waals surface area contributed by atoms with Crippen molar-refractivity contribution >= 4 is 29.2 Å². The third kappa shape index (κ3) is 4.56. The lowest BCUT2D eigenvalue weighted by Crippen LogP contribution is -2.26. The molecule has 9 heteroatoms. The zero-order chi connectivity index (χ0) is 19.4. The van der Waals surface area contributed by atoms with E-state index in [0.717, 1.165) is 4.91 Å². The summed E-state index contributed by atoms with van der Waals surface area (Å²) in [4.78, 5) is 28.5. The summed E-state index contributed by atoms with van der Waals surface area (Å²) in [5.41, 5.74) is 1.15. The normalized spacial score (nSPS) is 15.6. The minimum Gasteiger partial charge on any atom is -0.462 e. The van der Waals surface area contributed by atoms with Crippen LogP contribution < -0.4 is 10.6 Å². The van der Waals surface area contributed by atoms with Crippen LogP contribution in [0.1, 0.15) is 24.2 Å². The average Bonchev–Trinajstić information content (AvgIpc) is 3.06. The predicted molar refractivity (Wildman–Crippen MR) is 104 cm³/mol. The first-order valence-electron chi connectivity index (χ1n) is 8.26. The van der Waals surface area contributed by atoms with Crippen molar-refractivity contribution in [2.24, 2.45) is 0 Å². The number of anilines is 1. The van der Waals surface area contributed by atoms with Gasteiger partial charge in [-0.1, -0.05) is 23.9 Å². The van der Waals surface area contributed by atoms with E-state index in [0.29, 0.717) is 22.6 Å². The summed E-state index contributed by atoms with van der Waals surface area (Å²) in [6.07, 6.45) is 1.89. The van der Waals surface area contributed by atoms with Gasteiger partial charge in [0.25, 0.3) is 5.69 Å². The van der Waals surface area contributed by atoms with Crippen molar-refractivity contribution in [2.75, 3.05) is 11.9 Å². The van der Waals surface area contributed by atoms with Gasteiger partial charge in [-0.05, 0) is 26.0 Å². The maximum atomic E-state index is 12.2. The van der Waals surface area contributed by atoms with E-state index in [1.165, 1.54) is 12.1 Å². The van der Waals surface area contributed by atoms with Gasteiger partial charge in [-0.25, -0.2) is 9.78 Å². The number of thioether (sulfide) groups is 1. The van der Waals surface area contributed by atoms with Crippen LogP contribution in [-0.2, 0) is 4.74 Å². The number of ether oxygens (including phenoxy) is 1. The van der Waals surface area contributed by atoms with Crippen LogP contribution in [-0.4, -0.2) is 28.0 Å². The van der Waals surface area contributed by atoms with Crippen molar-refractivity contribution in [1.29, 1.82) is 0 Å². The molecular weight excluding hydrogens is 368 g/mol. The van der Waals surface area contributed by atoms with E-state index in [9.17, 15) is 14.9 Å². The molecule has 2 aromatic rings. The molecule has 1 aliphatic heterocycles. The molecule has 2 N–H and O–H groups in total. The fourth-order valence-electron chi connectivity index (χ4n) is 2.52. The van der Waals surface area contributed by atoms with Gasteiger partial charge in [0.2, 0.25) is 0 Å². The highest BCUT2D eigenvalue weighted by Gasteiger charge is 2.18. The Bertz CT molecular complexity index is 916. The van der Waals surface area contributed by atoms with Crippen LogP contribution in [0.3, 0.4) is 0 Å². The summed E-state index contributed by atoms with van der Waals surface area (Å²) in [5, 5.41) is 17.4. The number of nitro benzene ring substituents is 1. The van der Waals surface area contributed by atoms with E-state index in [1.54, 1.807) is 43.0 Å². The van der Waals surface area contributed by atoms with Crippen molar-refractivity contribution in [3.05, 3.63) is 63.2 Å². The quantitative estimate of drug-likeness (QED) is 0.439. The molecule has 1 aromatic heterocycles. The van der Waals surface area contributed by atoms with Crippen LogP contribution in [0.5, 0.6) is 0 Å². The molecule has 2 heterocycles. The van der Waals surface area contributed by atoms with Gasteiger partial charge in [-0.15, -0.1) is 0 Å². The van der Waals surface area contributed by atoms with Crippen LogP contribution in [0, 0.1) is 10.1 Å². The second-order valence-corrected chi connectivity index (χ2v) is 7.07. The molecule has 8 nitrogen and oxygen atoms in total. The zero-order valence-corrected chi connectivity index (χ0v) is 15.6. The molecule has 1 atom stereocenters. The Hall–Kier alpha value is -3.07. The largest absolute Gasteiger partial charge is 0.462 e. The summed E-state index contributed by atoms with van der Waals surface area (Å²) in [6.45, 7) is 3.96.